The molecular weight excluding hydrogens is 418 g/mol. The second-order valence-electron chi connectivity index (χ2n) is 6.18. The maximum Gasteiger partial charge on any atom is 0.308 e. The maximum absolute atomic E-state index is 12.6. The number of ether oxygens (including phenoxy) is 2. The molecule has 0 unspecified atom stereocenters. The van der Waals surface area contributed by atoms with Gasteiger partial charge < -0.3 is 14.8 Å². The predicted molar refractivity (Wildman–Crippen MR) is 118 cm³/mol. The van der Waals surface area contributed by atoms with Gasteiger partial charge in [0, 0.05) is 6.92 Å². The summed E-state index contributed by atoms with van der Waals surface area (Å²) in [6.45, 7) is 1.30. The van der Waals surface area contributed by atoms with Gasteiger partial charge in [0.25, 0.3) is 11.8 Å². The molecule has 0 bridgehead atoms. The fourth-order valence-electron chi connectivity index (χ4n) is 2.61. The quantitative estimate of drug-likeness (QED) is 0.254. The Labute approximate surface area is 182 Å². The Morgan fingerprint density at radius 3 is 2.52 bits per heavy atom. The molecular formula is C22H19N3O5S. The van der Waals surface area contributed by atoms with E-state index in [4.69, 9.17) is 9.47 Å². The normalized spacial score (nSPS) is 10.5. The Bertz CT molecular complexity index is 1130. The van der Waals surface area contributed by atoms with E-state index in [-0.39, 0.29) is 17.2 Å². The monoisotopic (exact) mass is 437 g/mol. The van der Waals surface area contributed by atoms with Crippen LogP contribution in [0.15, 0.2) is 65.1 Å². The Morgan fingerprint density at radius 1 is 1.00 bits per heavy atom. The van der Waals surface area contributed by atoms with Crippen LogP contribution in [0.5, 0.6) is 11.5 Å². The lowest BCUT2D eigenvalue weighted by molar-refractivity contribution is -0.132. The van der Waals surface area contributed by atoms with Crippen molar-refractivity contribution in [2.45, 2.75) is 6.92 Å². The van der Waals surface area contributed by atoms with E-state index in [0.29, 0.717) is 21.9 Å². The number of hydrogen-bond donors (Lipinski definition) is 2. The first-order chi connectivity index (χ1) is 15.0. The van der Waals surface area contributed by atoms with Gasteiger partial charge in [-0.2, -0.15) is 5.10 Å². The van der Waals surface area contributed by atoms with E-state index in [1.807, 2.05) is 0 Å². The number of thiophene rings is 1. The molecule has 3 aromatic rings. The minimum absolute atomic E-state index is 0.271. The Balaban J connectivity index is 1.69. The van der Waals surface area contributed by atoms with Gasteiger partial charge in [-0.15, -0.1) is 11.3 Å². The molecule has 158 valence electrons. The van der Waals surface area contributed by atoms with Crippen LogP contribution in [0.2, 0.25) is 0 Å². The van der Waals surface area contributed by atoms with E-state index in [1.165, 1.54) is 31.6 Å². The Kier molecular flexibility index (Phi) is 7.13. The van der Waals surface area contributed by atoms with Crippen molar-refractivity contribution in [2.24, 2.45) is 5.10 Å². The molecule has 1 heterocycles. The number of esters is 1. The van der Waals surface area contributed by atoms with Crippen molar-refractivity contribution in [2.75, 3.05) is 12.4 Å². The number of carbonyl (C=O) groups is 3. The van der Waals surface area contributed by atoms with Crippen LogP contribution < -0.4 is 20.2 Å². The van der Waals surface area contributed by atoms with Crippen molar-refractivity contribution >= 4 is 41.0 Å². The fourth-order valence-corrected chi connectivity index (χ4v) is 3.23. The minimum Gasteiger partial charge on any atom is -0.493 e. The molecule has 2 N–H and O–H groups in total. The molecule has 0 radical (unpaired) electrons. The van der Waals surface area contributed by atoms with Gasteiger partial charge in [0.05, 0.1) is 29.5 Å². The van der Waals surface area contributed by atoms with Crippen LogP contribution in [0.1, 0.15) is 32.5 Å². The SMILES string of the molecule is COc1cc(/C=N/NC(=O)c2ccccc2NC(=O)c2cccs2)ccc1OC(C)=O. The van der Waals surface area contributed by atoms with Gasteiger partial charge in [-0.3, -0.25) is 14.4 Å². The highest BCUT2D eigenvalue weighted by atomic mass is 32.1. The predicted octanol–water partition coefficient (Wildman–Crippen LogP) is 3.70. The zero-order chi connectivity index (χ0) is 22.2. The number of anilines is 1. The van der Waals surface area contributed by atoms with Crippen molar-refractivity contribution in [1.29, 1.82) is 0 Å². The summed E-state index contributed by atoms with van der Waals surface area (Å²) in [5.41, 5.74) is 3.70. The first kappa shape index (κ1) is 21.7. The summed E-state index contributed by atoms with van der Waals surface area (Å²) in [6.07, 6.45) is 1.42. The van der Waals surface area contributed by atoms with E-state index >= 15 is 0 Å². The van der Waals surface area contributed by atoms with Crippen LogP contribution in [-0.4, -0.2) is 31.1 Å². The van der Waals surface area contributed by atoms with Crippen LogP contribution in [-0.2, 0) is 4.79 Å². The number of nitrogens with one attached hydrogen (secondary N) is 2. The molecule has 31 heavy (non-hydrogen) atoms. The van der Waals surface area contributed by atoms with Gasteiger partial charge in [-0.05, 0) is 47.3 Å². The number of hydrazone groups is 1. The summed E-state index contributed by atoms with van der Waals surface area (Å²) in [5.74, 6) is -0.601. The summed E-state index contributed by atoms with van der Waals surface area (Å²) in [6, 6.07) is 15.0. The second-order valence-corrected chi connectivity index (χ2v) is 7.13. The van der Waals surface area contributed by atoms with Crippen molar-refractivity contribution in [1.82, 2.24) is 5.43 Å². The van der Waals surface area contributed by atoms with Crippen molar-refractivity contribution in [3.63, 3.8) is 0 Å². The summed E-state index contributed by atoms with van der Waals surface area (Å²) < 4.78 is 10.3. The molecule has 0 fully saturated rings. The number of nitrogens with zero attached hydrogens (tertiary/aromatic N) is 1. The average molecular weight is 437 g/mol. The van der Waals surface area contributed by atoms with Crippen LogP contribution >= 0.6 is 11.3 Å². The number of benzene rings is 2. The lowest BCUT2D eigenvalue weighted by Gasteiger charge is -2.09. The lowest BCUT2D eigenvalue weighted by Crippen LogP contribution is -2.21. The zero-order valence-electron chi connectivity index (χ0n) is 16.7. The molecule has 0 aliphatic rings. The standard InChI is InChI=1S/C22H19N3O5S/c1-14(26)30-18-10-9-15(12-19(18)29-2)13-23-25-21(27)16-6-3-4-7-17(16)24-22(28)20-8-5-11-31-20/h3-13H,1-2H3,(H,24,28)(H,25,27)/b23-13+. The van der Waals surface area contributed by atoms with Gasteiger partial charge in [-0.25, -0.2) is 5.43 Å². The Morgan fingerprint density at radius 2 is 1.81 bits per heavy atom. The van der Waals surface area contributed by atoms with E-state index in [0.717, 1.165) is 0 Å². The first-order valence-corrected chi connectivity index (χ1v) is 9.99. The summed E-state index contributed by atoms with van der Waals surface area (Å²) >= 11 is 1.31. The average Bonchev–Trinajstić information content (AvgIpc) is 3.30. The van der Waals surface area contributed by atoms with Crippen LogP contribution in [0.4, 0.5) is 5.69 Å². The molecule has 2 amide bonds. The smallest absolute Gasteiger partial charge is 0.308 e. The summed E-state index contributed by atoms with van der Waals surface area (Å²) in [7, 11) is 1.45. The number of rotatable bonds is 7. The van der Waals surface area contributed by atoms with Crippen molar-refractivity contribution in [3.8, 4) is 11.5 Å². The second kappa shape index (κ2) is 10.2. The molecule has 0 saturated heterocycles. The lowest BCUT2D eigenvalue weighted by atomic mass is 10.1. The number of methoxy groups -OCH3 is 1. The van der Waals surface area contributed by atoms with Gasteiger partial charge in [-0.1, -0.05) is 18.2 Å². The number of para-hydroxylation sites is 1. The number of hydrogen-bond acceptors (Lipinski definition) is 7. The van der Waals surface area contributed by atoms with Crippen LogP contribution in [0.3, 0.4) is 0 Å². The van der Waals surface area contributed by atoms with E-state index in [1.54, 1.807) is 60.0 Å². The van der Waals surface area contributed by atoms with Crippen LogP contribution in [0.25, 0.3) is 0 Å². The largest absolute Gasteiger partial charge is 0.493 e. The molecule has 0 aliphatic carbocycles. The molecule has 8 nitrogen and oxygen atoms in total. The highest BCUT2D eigenvalue weighted by Gasteiger charge is 2.14. The third-order valence-corrected chi connectivity index (χ3v) is 4.85. The molecule has 0 saturated carbocycles. The third-order valence-electron chi connectivity index (χ3n) is 3.99. The Hall–Kier alpha value is -3.98. The van der Waals surface area contributed by atoms with Crippen molar-refractivity contribution in [3.05, 3.63) is 76.0 Å². The number of carbonyl (C=O) groups excluding carboxylic acids is 3. The summed E-state index contributed by atoms with van der Waals surface area (Å²) in [5, 5.41) is 8.50. The zero-order valence-corrected chi connectivity index (χ0v) is 17.6. The topological polar surface area (TPSA) is 106 Å². The van der Waals surface area contributed by atoms with Gasteiger partial charge in [0.15, 0.2) is 11.5 Å². The van der Waals surface area contributed by atoms with Crippen molar-refractivity contribution < 1.29 is 23.9 Å². The molecule has 1 aromatic heterocycles. The highest BCUT2D eigenvalue weighted by Crippen LogP contribution is 2.27. The van der Waals surface area contributed by atoms with Gasteiger partial charge in [0.2, 0.25) is 0 Å². The highest BCUT2D eigenvalue weighted by molar-refractivity contribution is 7.12. The molecule has 3 rings (SSSR count). The molecule has 0 aliphatic heterocycles. The van der Waals surface area contributed by atoms with E-state index in [2.05, 4.69) is 15.8 Å². The van der Waals surface area contributed by atoms with Gasteiger partial charge in [0.1, 0.15) is 0 Å². The maximum atomic E-state index is 12.6. The van der Waals surface area contributed by atoms with Crippen LogP contribution in [0, 0.1) is 0 Å². The number of amides is 2. The van der Waals surface area contributed by atoms with E-state index in [9.17, 15) is 14.4 Å². The fraction of sp³-hybridized carbons (Fsp3) is 0.0909. The minimum atomic E-state index is -0.484. The summed E-state index contributed by atoms with van der Waals surface area (Å²) in [4.78, 5) is 36.5. The molecule has 9 heteroatoms. The van der Waals surface area contributed by atoms with Gasteiger partial charge >= 0.3 is 5.97 Å². The third kappa shape index (κ3) is 5.77. The first-order valence-electron chi connectivity index (χ1n) is 9.11. The molecule has 2 aromatic carbocycles. The molecule has 0 atom stereocenters. The van der Waals surface area contributed by atoms with E-state index < -0.39 is 11.9 Å². The molecule has 0 spiro atoms.